The highest BCUT2D eigenvalue weighted by atomic mass is 35.5. The van der Waals surface area contributed by atoms with Gasteiger partial charge in [-0.3, -0.25) is 14.4 Å². The lowest BCUT2D eigenvalue weighted by atomic mass is 9.81. The van der Waals surface area contributed by atoms with Crippen molar-refractivity contribution in [2.75, 3.05) is 11.5 Å². The van der Waals surface area contributed by atoms with Crippen molar-refractivity contribution in [2.24, 2.45) is 0 Å². The Hall–Kier alpha value is -3.44. The third-order valence-corrected chi connectivity index (χ3v) is 4.90. The largest absolute Gasteiger partial charge is 0.399 e. The van der Waals surface area contributed by atoms with Crippen molar-refractivity contribution in [1.82, 2.24) is 0 Å². The van der Waals surface area contributed by atoms with Crippen molar-refractivity contribution in [2.45, 2.75) is 0 Å². The predicted octanol–water partition coefficient (Wildman–Crippen LogP) is 3.51. The van der Waals surface area contributed by atoms with Crippen LogP contribution in [0, 0.1) is 0 Å². The van der Waals surface area contributed by atoms with Gasteiger partial charge in [0.1, 0.15) is 0 Å². The zero-order valence-electron chi connectivity index (χ0n) is 14.0. The first-order chi connectivity index (χ1) is 12.9. The molecule has 27 heavy (non-hydrogen) atoms. The van der Waals surface area contributed by atoms with Crippen LogP contribution in [0.25, 0.3) is 0 Å². The molecule has 0 atom stereocenters. The van der Waals surface area contributed by atoms with Crippen LogP contribution in [0.1, 0.15) is 47.8 Å². The Labute approximate surface area is 159 Å². The van der Waals surface area contributed by atoms with Gasteiger partial charge in [0.2, 0.25) is 0 Å². The van der Waals surface area contributed by atoms with Crippen LogP contribution < -0.4 is 11.5 Å². The summed E-state index contributed by atoms with van der Waals surface area (Å²) in [6.45, 7) is 0. The Kier molecular flexibility index (Phi) is 3.82. The molecule has 0 unspecified atom stereocenters. The summed E-state index contributed by atoms with van der Waals surface area (Å²) < 4.78 is 0. The highest BCUT2D eigenvalue weighted by Crippen LogP contribution is 2.37. The molecule has 0 aromatic heterocycles. The van der Waals surface area contributed by atoms with Gasteiger partial charge in [0.25, 0.3) is 0 Å². The Morgan fingerprint density at radius 3 is 2.04 bits per heavy atom. The van der Waals surface area contributed by atoms with Crippen molar-refractivity contribution < 1.29 is 14.4 Å². The van der Waals surface area contributed by atoms with E-state index in [4.69, 9.17) is 23.1 Å². The lowest BCUT2D eigenvalue weighted by Gasteiger charge is -2.21. The van der Waals surface area contributed by atoms with Crippen LogP contribution in [0.2, 0.25) is 5.02 Å². The molecule has 0 amide bonds. The lowest BCUT2D eigenvalue weighted by Crippen LogP contribution is -2.24. The minimum Gasteiger partial charge on any atom is -0.399 e. The maximum absolute atomic E-state index is 12.9. The summed E-state index contributed by atoms with van der Waals surface area (Å²) in [5, 5.41) is 0.0219. The van der Waals surface area contributed by atoms with E-state index in [1.54, 1.807) is 48.5 Å². The number of anilines is 2. The standard InChI is InChI=1S/C21H13ClN2O3/c22-15-9-14-16(21(27)13-4-2-1-3-12(13)20(14)26)18(24)17(15)19(25)10-5-7-11(23)8-6-10/h1-9H,23-24H2. The Bertz CT molecular complexity index is 1150. The van der Waals surface area contributed by atoms with E-state index in [2.05, 4.69) is 0 Å². The Morgan fingerprint density at radius 1 is 0.815 bits per heavy atom. The number of rotatable bonds is 2. The maximum atomic E-state index is 12.9. The monoisotopic (exact) mass is 376 g/mol. The number of hydrogen-bond acceptors (Lipinski definition) is 5. The zero-order valence-corrected chi connectivity index (χ0v) is 14.7. The van der Waals surface area contributed by atoms with Crippen LogP contribution in [0.15, 0.2) is 54.6 Å². The number of halogens is 1. The van der Waals surface area contributed by atoms with Gasteiger partial charge in [0.05, 0.1) is 21.8 Å². The zero-order chi connectivity index (χ0) is 19.3. The minimum absolute atomic E-state index is 0.000666. The molecule has 6 heteroatoms. The summed E-state index contributed by atoms with van der Waals surface area (Å²) in [4.78, 5) is 38.6. The molecule has 0 heterocycles. The number of nitrogens with two attached hydrogens (primary N) is 2. The highest BCUT2D eigenvalue weighted by Gasteiger charge is 2.34. The molecule has 5 nitrogen and oxygen atoms in total. The molecular formula is C21H13ClN2O3. The van der Waals surface area contributed by atoms with Crippen LogP contribution in [-0.4, -0.2) is 17.3 Å². The number of fused-ring (bicyclic) bond motifs is 2. The highest BCUT2D eigenvalue weighted by molar-refractivity contribution is 6.39. The van der Waals surface area contributed by atoms with E-state index in [1.807, 2.05) is 0 Å². The van der Waals surface area contributed by atoms with Crippen molar-refractivity contribution in [1.29, 1.82) is 0 Å². The van der Waals surface area contributed by atoms with E-state index in [0.29, 0.717) is 16.8 Å². The molecule has 0 aliphatic heterocycles. The van der Waals surface area contributed by atoms with Gasteiger partial charge in [0.15, 0.2) is 17.3 Å². The topological polar surface area (TPSA) is 103 Å². The number of carbonyl (C=O) groups excluding carboxylic acids is 3. The second-order valence-electron chi connectivity index (χ2n) is 6.22. The van der Waals surface area contributed by atoms with E-state index in [1.165, 1.54) is 6.07 Å². The molecule has 3 aromatic carbocycles. The molecule has 1 aliphatic carbocycles. The number of hydrogen-bond donors (Lipinski definition) is 2. The summed E-state index contributed by atoms with van der Waals surface area (Å²) >= 11 is 6.29. The second kappa shape index (κ2) is 6.07. The quantitative estimate of drug-likeness (QED) is 0.411. The Balaban J connectivity index is 1.93. The van der Waals surface area contributed by atoms with Crippen molar-refractivity contribution >= 4 is 40.3 Å². The van der Waals surface area contributed by atoms with Crippen molar-refractivity contribution in [3.63, 3.8) is 0 Å². The first-order valence-electron chi connectivity index (χ1n) is 8.10. The fourth-order valence-corrected chi connectivity index (χ4v) is 3.56. The van der Waals surface area contributed by atoms with Gasteiger partial charge >= 0.3 is 0 Å². The minimum atomic E-state index is -0.445. The van der Waals surface area contributed by atoms with Crippen LogP contribution in [0.5, 0.6) is 0 Å². The van der Waals surface area contributed by atoms with Gasteiger partial charge in [0, 0.05) is 27.9 Å². The summed E-state index contributed by atoms with van der Waals surface area (Å²) in [6.07, 6.45) is 0. The summed E-state index contributed by atoms with van der Waals surface area (Å²) in [5.74, 6) is -1.19. The molecular weight excluding hydrogens is 364 g/mol. The molecule has 0 fully saturated rings. The summed E-state index contributed by atoms with van der Waals surface area (Å²) in [5.41, 5.74) is 13.3. The molecule has 0 saturated heterocycles. The number of nitrogen functional groups attached to an aromatic ring is 2. The predicted molar refractivity (Wildman–Crippen MR) is 103 cm³/mol. The fraction of sp³-hybridized carbons (Fsp3) is 0. The summed E-state index contributed by atoms with van der Waals surface area (Å²) in [7, 11) is 0. The van der Waals surface area contributed by atoms with Gasteiger partial charge in [-0.1, -0.05) is 35.9 Å². The molecule has 0 spiro atoms. The average Bonchev–Trinajstić information content (AvgIpc) is 2.66. The molecule has 4 N–H and O–H groups in total. The first kappa shape index (κ1) is 17.0. The van der Waals surface area contributed by atoms with Crippen LogP contribution in [0.3, 0.4) is 0 Å². The molecule has 0 bridgehead atoms. The van der Waals surface area contributed by atoms with Crippen LogP contribution in [0.4, 0.5) is 11.4 Å². The molecule has 3 aromatic rings. The fourth-order valence-electron chi connectivity index (χ4n) is 3.26. The SMILES string of the molecule is Nc1ccc(C(=O)c2c(Cl)cc3c(c2N)C(=O)c2ccccc2C3=O)cc1. The normalized spacial score (nSPS) is 12.5. The molecule has 0 radical (unpaired) electrons. The van der Waals surface area contributed by atoms with E-state index in [0.717, 1.165) is 0 Å². The van der Waals surface area contributed by atoms with Gasteiger partial charge in [-0.2, -0.15) is 0 Å². The van der Waals surface area contributed by atoms with E-state index < -0.39 is 11.6 Å². The van der Waals surface area contributed by atoms with Gasteiger partial charge in [-0.15, -0.1) is 0 Å². The van der Waals surface area contributed by atoms with E-state index in [9.17, 15) is 14.4 Å². The first-order valence-corrected chi connectivity index (χ1v) is 8.48. The number of benzene rings is 3. The number of ketones is 3. The van der Waals surface area contributed by atoms with Gasteiger partial charge in [-0.05, 0) is 30.3 Å². The molecule has 132 valence electrons. The van der Waals surface area contributed by atoms with Crippen molar-refractivity contribution in [3.05, 3.63) is 93.0 Å². The average molecular weight is 377 g/mol. The molecule has 4 rings (SSSR count). The van der Waals surface area contributed by atoms with E-state index >= 15 is 0 Å². The van der Waals surface area contributed by atoms with Gasteiger partial charge < -0.3 is 11.5 Å². The van der Waals surface area contributed by atoms with Gasteiger partial charge in [-0.25, -0.2) is 0 Å². The van der Waals surface area contributed by atoms with Crippen LogP contribution in [-0.2, 0) is 0 Å². The lowest BCUT2D eigenvalue weighted by molar-refractivity contribution is 0.0979. The maximum Gasteiger partial charge on any atom is 0.196 e. The van der Waals surface area contributed by atoms with Crippen molar-refractivity contribution in [3.8, 4) is 0 Å². The molecule has 0 saturated carbocycles. The third kappa shape index (κ3) is 2.52. The smallest absolute Gasteiger partial charge is 0.196 e. The Morgan fingerprint density at radius 2 is 1.41 bits per heavy atom. The summed E-state index contributed by atoms with van der Waals surface area (Å²) in [6, 6.07) is 14.1. The molecule has 1 aliphatic rings. The number of carbonyl (C=O) groups is 3. The van der Waals surface area contributed by atoms with E-state index in [-0.39, 0.29) is 38.7 Å². The third-order valence-electron chi connectivity index (χ3n) is 4.61. The second-order valence-corrected chi connectivity index (χ2v) is 6.63. The van der Waals surface area contributed by atoms with Crippen LogP contribution >= 0.6 is 11.6 Å².